The fourth-order valence-electron chi connectivity index (χ4n) is 9.45. The molecule has 9 rings (SSSR count). The maximum atomic E-state index is 7.18. The second-order valence-electron chi connectivity index (χ2n) is 19.8. The van der Waals surface area contributed by atoms with Crippen molar-refractivity contribution in [2.75, 3.05) is 16.6 Å². The summed E-state index contributed by atoms with van der Waals surface area (Å²) in [6, 6.07) is 25.6. The van der Waals surface area contributed by atoms with E-state index < -0.39 is 0 Å². The average Bonchev–Trinajstić information content (AvgIpc) is 3.71. The highest BCUT2D eigenvalue weighted by atomic mass is 16.7. The Labute approximate surface area is 333 Å². The van der Waals surface area contributed by atoms with Gasteiger partial charge in [-0.1, -0.05) is 92.6 Å². The zero-order valence-corrected chi connectivity index (χ0v) is 35.8. The fourth-order valence-corrected chi connectivity index (χ4v) is 9.45. The molecule has 0 aliphatic carbocycles. The lowest BCUT2D eigenvalue weighted by Crippen LogP contribution is -2.61. The minimum absolute atomic E-state index is 0.0198. The zero-order valence-electron chi connectivity index (χ0n) is 35.8. The lowest BCUT2D eigenvalue weighted by atomic mass is 9.33. The largest absolute Gasteiger partial charge is 0.454 e. The van der Waals surface area contributed by atoms with Crippen LogP contribution in [0.5, 0.6) is 11.5 Å². The third-order valence-corrected chi connectivity index (χ3v) is 12.4. The van der Waals surface area contributed by atoms with Crippen molar-refractivity contribution in [3.8, 4) is 11.5 Å². The predicted octanol–water partition coefficient (Wildman–Crippen LogP) is 11.7. The number of aryl methyl sites for hydroxylation is 5. The molecule has 0 atom stereocenters. The number of benzene rings is 5. The maximum absolute atomic E-state index is 7.18. The summed E-state index contributed by atoms with van der Waals surface area (Å²) in [5.41, 5.74) is 20.5. The summed E-state index contributed by atoms with van der Waals surface area (Å²) in [6.07, 6.45) is 0. The van der Waals surface area contributed by atoms with E-state index in [9.17, 15) is 0 Å². The van der Waals surface area contributed by atoms with Gasteiger partial charge in [-0.05, 0) is 137 Å². The van der Waals surface area contributed by atoms with E-state index >= 15 is 0 Å². The highest BCUT2D eigenvalue weighted by Crippen LogP contribution is 2.51. The van der Waals surface area contributed by atoms with Gasteiger partial charge in [-0.15, -0.1) is 0 Å². The van der Waals surface area contributed by atoms with Crippen molar-refractivity contribution >= 4 is 68.4 Å². The van der Waals surface area contributed by atoms with Crippen LogP contribution in [0, 0.1) is 34.6 Å². The summed E-state index contributed by atoms with van der Waals surface area (Å²) < 4.78 is 19.5. The van der Waals surface area contributed by atoms with Crippen LogP contribution in [0.1, 0.15) is 107 Å². The topological polar surface area (TPSA) is 38.1 Å². The van der Waals surface area contributed by atoms with Crippen LogP contribution in [0.25, 0.3) is 11.0 Å². The number of anilines is 6. The van der Waals surface area contributed by atoms with Gasteiger partial charge >= 0.3 is 0 Å². The van der Waals surface area contributed by atoms with E-state index in [0.29, 0.717) is 0 Å². The van der Waals surface area contributed by atoms with Gasteiger partial charge in [0.05, 0.1) is 11.4 Å². The normalized spacial score (nSPS) is 14.7. The van der Waals surface area contributed by atoms with Crippen molar-refractivity contribution < 1.29 is 13.9 Å². The van der Waals surface area contributed by atoms with Gasteiger partial charge in [0.2, 0.25) is 12.7 Å². The highest BCUT2D eigenvalue weighted by molar-refractivity contribution is 7.01. The van der Waals surface area contributed by atoms with Gasteiger partial charge in [-0.2, -0.15) is 0 Å². The summed E-state index contributed by atoms with van der Waals surface area (Å²) in [6.45, 7) is 32.0. The molecule has 0 spiro atoms. The van der Waals surface area contributed by atoms with Crippen molar-refractivity contribution in [2.45, 2.75) is 113 Å². The van der Waals surface area contributed by atoms with Gasteiger partial charge in [0.1, 0.15) is 5.58 Å². The van der Waals surface area contributed by atoms with Crippen LogP contribution in [-0.2, 0) is 16.2 Å². The lowest BCUT2D eigenvalue weighted by Gasteiger charge is -2.44. The van der Waals surface area contributed by atoms with Gasteiger partial charge in [0, 0.05) is 34.0 Å². The van der Waals surface area contributed by atoms with Crippen molar-refractivity contribution in [2.24, 2.45) is 0 Å². The van der Waals surface area contributed by atoms with Crippen LogP contribution < -0.4 is 35.7 Å². The summed E-state index contributed by atoms with van der Waals surface area (Å²) in [5, 5.41) is 1.15. The SMILES string of the molecule is Cc1cc2c3c(c1)N(c1c(C)cc(C(C)(C)C)cc1C)c1oc4ccc(C(C)(C)C)cc4c1B3c1cc3c(cc1N2c1c(C)cc(C(C)(C)C)cc1C)OCO3. The summed E-state index contributed by atoms with van der Waals surface area (Å²) >= 11 is 0. The first-order chi connectivity index (χ1) is 26.2. The van der Waals surface area contributed by atoms with E-state index in [4.69, 9.17) is 13.9 Å². The van der Waals surface area contributed by atoms with E-state index in [1.165, 1.54) is 78.0 Å². The Bertz CT molecular complexity index is 2600. The number of rotatable bonds is 2. The van der Waals surface area contributed by atoms with E-state index in [1.807, 2.05) is 0 Å². The predicted molar refractivity (Wildman–Crippen MR) is 236 cm³/mol. The molecule has 5 nitrogen and oxygen atoms in total. The second kappa shape index (κ2) is 12.0. The minimum atomic E-state index is -0.118. The molecular weight excluding hydrogens is 687 g/mol. The van der Waals surface area contributed by atoms with Crippen molar-refractivity contribution in [3.05, 3.63) is 111 Å². The molecule has 4 heterocycles. The number of furan rings is 1. The van der Waals surface area contributed by atoms with Gasteiger partial charge < -0.3 is 18.8 Å². The molecule has 0 fully saturated rings. The maximum Gasteiger partial charge on any atom is 0.257 e. The second-order valence-corrected chi connectivity index (χ2v) is 19.8. The molecule has 6 heteroatoms. The molecule has 0 N–H and O–H groups in total. The van der Waals surface area contributed by atoms with Crippen molar-refractivity contribution in [1.82, 2.24) is 0 Å². The smallest absolute Gasteiger partial charge is 0.257 e. The minimum Gasteiger partial charge on any atom is -0.454 e. The van der Waals surface area contributed by atoms with Crippen LogP contribution >= 0.6 is 0 Å². The molecule has 0 unspecified atom stereocenters. The summed E-state index contributed by atoms with van der Waals surface area (Å²) in [4.78, 5) is 4.97. The Morgan fingerprint density at radius 3 is 1.55 bits per heavy atom. The zero-order chi connectivity index (χ0) is 40.0. The van der Waals surface area contributed by atoms with Crippen molar-refractivity contribution in [1.29, 1.82) is 0 Å². The number of hydrogen-bond acceptors (Lipinski definition) is 5. The van der Waals surface area contributed by atoms with E-state index in [2.05, 4.69) is 173 Å². The molecule has 0 bridgehead atoms. The number of hydrogen-bond donors (Lipinski definition) is 0. The lowest BCUT2D eigenvalue weighted by molar-refractivity contribution is 0.174. The molecule has 56 heavy (non-hydrogen) atoms. The van der Waals surface area contributed by atoms with Gasteiger partial charge in [-0.25, -0.2) is 0 Å². The highest BCUT2D eigenvalue weighted by Gasteiger charge is 2.48. The van der Waals surface area contributed by atoms with Gasteiger partial charge in [0.25, 0.3) is 6.71 Å². The molecule has 3 aliphatic rings. The number of nitrogens with zero attached hydrogens (tertiary/aromatic N) is 2. The van der Waals surface area contributed by atoms with Crippen LogP contribution in [-0.4, -0.2) is 13.5 Å². The first kappa shape index (κ1) is 36.5. The first-order valence-electron chi connectivity index (χ1n) is 20.2. The third-order valence-electron chi connectivity index (χ3n) is 12.4. The van der Waals surface area contributed by atoms with E-state index in [0.717, 1.165) is 39.7 Å². The third kappa shape index (κ3) is 5.42. The molecular formula is C50H55BN2O3. The van der Waals surface area contributed by atoms with Crippen LogP contribution in [0.15, 0.2) is 71.1 Å². The summed E-state index contributed by atoms with van der Waals surface area (Å²) in [7, 11) is 0. The van der Waals surface area contributed by atoms with E-state index in [1.54, 1.807) is 0 Å². The fraction of sp³-hybridized carbons (Fsp3) is 0.360. The molecule has 0 saturated carbocycles. The summed E-state index contributed by atoms with van der Waals surface area (Å²) in [5.74, 6) is 2.45. The molecule has 0 radical (unpaired) electrons. The molecule has 0 saturated heterocycles. The molecule has 5 aromatic carbocycles. The van der Waals surface area contributed by atoms with Crippen LogP contribution in [0.2, 0.25) is 0 Å². The average molecular weight is 743 g/mol. The molecule has 3 aliphatic heterocycles. The number of fused-ring (bicyclic) bond motifs is 7. The van der Waals surface area contributed by atoms with Gasteiger partial charge in [0.15, 0.2) is 11.5 Å². The Balaban J connectivity index is 1.43. The molecule has 286 valence electrons. The van der Waals surface area contributed by atoms with Gasteiger partial charge in [-0.3, -0.25) is 4.90 Å². The van der Waals surface area contributed by atoms with Crippen LogP contribution in [0.3, 0.4) is 0 Å². The Kier molecular flexibility index (Phi) is 7.80. The standard InChI is InChI=1S/C50H55BN2O3/c1-27-17-38-44-39(18-27)53(46-30(4)21-34(22-31(46)5)50(12,13)14)47-43(35-23-32(48(6,7)8)15-16-40(35)56-47)51(44)36-24-41-42(55-26-54-41)25-37(36)52(38)45-28(2)19-33(20-29(45)3)49(9,10)11/h15-25H,26H2,1-14H3. The Morgan fingerprint density at radius 1 is 0.518 bits per heavy atom. The van der Waals surface area contributed by atoms with E-state index in [-0.39, 0.29) is 29.8 Å². The van der Waals surface area contributed by atoms with Crippen LogP contribution in [0.4, 0.5) is 34.3 Å². The Morgan fingerprint density at radius 2 is 1.02 bits per heavy atom. The quantitative estimate of drug-likeness (QED) is 0.165. The monoisotopic (exact) mass is 742 g/mol. The number of ether oxygens (including phenoxy) is 2. The molecule has 0 amide bonds. The first-order valence-corrected chi connectivity index (χ1v) is 20.2. The van der Waals surface area contributed by atoms with Crippen molar-refractivity contribution in [3.63, 3.8) is 0 Å². The molecule has 1 aromatic heterocycles. The molecule has 6 aromatic rings. The Hall–Kier alpha value is -5.10.